The van der Waals surface area contributed by atoms with Gasteiger partial charge in [-0.05, 0) is 42.4 Å². The van der Waals surface area contributed by atoms with Crippen LogP contribution in [0.1, 0.15) is 36.3 Å². The highest BCUT2D eigenvalue weighted by molar-refractivity contribution is 5.79. The molecule has 1 saturated heterocycles. The highest BCUT2D eigenvalue weighted by Gasteiger charge is 2.29. The number of amides is 1. The summed E-state index contributed by atoms with van der Waals surface area (Å²) in [6.45, 7) is 0.0166. The molecule has 0 radical (unpaired) electrons. The number of anilines is 1. The minimum atomic E-state index is -4.39. The average molecular weight is 419 g/mol. The second-order valence-corrected chi connectivity index (χ2v) is 7.95. The highest BCUT2D eigenvalue weighted by Crippen LogP contribution is 2.39. The molecular weight excluding hydrogens is 395 g/mol. The summed E-state index contributed by atoms with van der Waals surface area (Å²) in [6, 6.07) is 11.4. The van der Waals surface area contributed by atoms with E-state index in [4.69, 9.17) is 0 Å². The number of pyridine rings is 1. The molecule has 30 heavy (non-hydrogen) atoms. The summed E-state index contributed by atoms with van der Waals surface area (Å²) >= 11 is 0. The van der Waals surface area contributed by atoms with Gasteiger partial charge in [0, 0.05) is 25.2 Å². The average Bonchev–Trinajstić information content (AvgIpc) is 3.46. The van der Waals surface area contributed by atoms with E-state index in [1.807, 2.05) is 12.1 Å². The molecule has 160 valence electrons. The van der Waals surface area contributed by atoms with Gasteiger partial charge in [-0.25, -0.2) is 4.98 Å². The van der Waals surface area contributed by atoms with Crippen LogP contribution >= 0.6 is 0 Å². The van der Waals surface area contributed by atoms with Crippen LogP contribution in [0.3, 0.4) is 0 Å². The molecule has 5 nitrogen and oxygen atoms in total. The van der Waals surface area contributed by atoms with Gasteiger partial charge in [-0.2, -0.15) is 13.2 Å². The van der Waals surface area contributed by atoms with E-state index in [-0.39, 0.29) is 17.8 Å². The van der Waals surface area contributed by atoms with Crippen molar-refractivity contribution < 1.29 is 22.7 Å². The molecule has 0 bridgehead atoms. The van der Waals surface area contributed by atoms with E-state index in [0.29, 0.717) is 18.9 Å². The standard InChI is InChI=1S/C22H24F3N3O2/c23-22(24,25)14-30-21-8-7-19(12-26-21)28-10-9-18(13-28)27-20(29)11-15-1-3-16(4-2-15)17-5-6-17/h1-4,7-8,12,17-18H,5-6,9-11,13-14H2,(H,27,29)/t18-/m1/s1. The van der Waals surface area contributed by atoms with Gasteiger partial charge >= 0.3 is 6.18 Å². The Morgan fingerprint density at radius 2 is 1.90 bits per heavy atom. The molecule has 1 aromatic heterocycles. The van der Waals surface area contributed by atoms with Crippen LogP contribution in [0.4, 0.5) is 18.9 Å². The number of alkyl halides is 3. The van der Waals surface area contributed by atoms with E-state index >= 15 is 0 Å². The number of aromatic nitrogens is 1. The zero-order valence-electron chi connectivity index (χ0n) is 16.5. The van der Waals surface area contributed by atoms with E-state index < -0.39 is 12.8 Å². The lowest BCUT2D eigenvalue weighted by Gasteiger charge is -2.19. The molecule has 1 atom stereocenters. The summed E-state index contributed by atoms with van der Waals surface area (Å²) in [5, 5.41) is 3.07. The predicted molar refractivity (Wildman–Crippen MR) is 107 cm³/mol. The topological polar surface area (TPSA) is 54.5 Å². The van der Waals surface area contributed by atoms with Crippen molar-refractivity contribution in [2.24, 2.45) is 0 Å². The van der Waals surface area contributed by atoms with Gasteiger partial charge in [0.05, 0.1) is 18.3 Å². The number of nitrogens with zero attached hydrogens (tertiary/aromatic N) is 2. The minimum Gasteiger partial charge on any atom is -0.468 e. The van der Waals surface area contributed by atoms with Crippen LogP contribution in [0, 0.1) is 0 Å². The molecule has 0 unspecified atom stereocenters. The number of nitrogens with one attached hydrogen (secondary N) is 1. The largest absolute Gasteiger partial charge is 0.468 e. The van der Waals surface area contributed by atoms with Crippen molar-refractivity contribution in [3.8, 4) is 5.88 Å². The summed E-state index contributed by atoms with van der Waals surface area (Å²) < 4.78 is 41.3. The molecule has 1 aliphatic carbocycles. The molecule has 1 aromatic carbocycles. The number of ether oxygens (including phenoxy) is 1. The Balaban J connectivity index is 1.24. The van der Waals surface area contributed by atoms with Gasteiger partial charge in [0.25, 0.3) is 0 Å². The zero-order valence-corrected chi connectivity index (χ0v) is 16.5. The number of hydrogen-bond acceptors (Lipinski definition) is 4. The number of hydrogen-bond donors (Lipinski definition) is 1. The molecule has 2 fully saturated rings. The molecule has 1 saturated carbocycles. The third-order valence-corrected chi connectivity index (χ3v) is 5.42. The van der Waals surface area contributed by atoms with Crippen LogP contribution in [0.5, 0.6) is 5.88 Å². The van der Waals surface area contributed by atoms with Crippen molar-refractivity contribution >= 4 is 11.6 Å². The molecule has 1 aliphatic heterocycles. The molecule has 2 aliphatic rings. The maximum absolute atomic E-state index is 12.4. The fourth-order valence-corrected chi connectivity index (χ4v) is 3.70. The first-order valence-corrected chi connectivity index (χ1v) is 10.1. The van der Waals surface area contributed by atoms with Crippen LogP contribution < -0.4 is 15.0 Å². The Kier molecular flexibility index (Phi) is 5.83. The van der Waals surface area contributed by atoms with Crippen LogP contribution in [-0.2, 0) is 11.2 Å². The third kappa shape index (κ3) is 5.64. The second kappa shape index (κ2) is 8.53. The summed E-state index contributed by atoms with van der Waals surface area (Å²) in [5.74, 6) is 0.639. The van der Waals surface area contributed by atoms with Crippen LogP contribution in [0.25, 0.3) is 0 Å². The number of benzene rings is 1. The third-order valence-electron chi connectivity index (χ3n) is 5.42. The number of rotatable bonds is 7. The Hall–Kier alpha value is -2.77. The predicted octanol–water partition coefficient (Wildman–Crippen LogP) is 3.84. The normalized spacial score (nSPS) is 19.0. The Bertz CT molecular complexity index is 865. The van der Waals surface area contributed by atoms with E-state index in [0.717, 1.165) is 24.2 Å². The lowest BCUT2D eigenvalue weighted by molar-refractivity contribution is -0.154. The lowest BCUT2D eigenvalue weighted by Crippen LogP contribution is -2.38. The minimum absolute atomic E-state index is 0.00459. The van der Waals surface area contributed by atoms with Crippen molar-refractivity contribution in [2.75, 3.05) is 24.6 Å². The van der Waals surface area contributed by atoms with Gasteiger partial charge in [0.2, 0.25) is 11.8 Å². The van der Waals surface area contributed by atoms with Crippen LogP contribution in [0.15, 0.2) is 42.6 Å². The van der Waals surface area contributed by atoms with Gasteiger partial charge in [-0.1, -0.05) is 24.3 Å². The molecule has 4 rings (SSSR count). The Morgan fingerprint density at radius 3 is 2.53 bits per heavy atom. The number of carbonyl (C=O) groups excluding carboxylic acids is 1. The van der Waals surface area contributed by atoms with Gasteiger partial charge < -0.3 is 15.0 Å². The first-order chi connectivity index (χ1) is 14.4. The molecular formula is C22H24F3N3O2. The van der Waals surface area contributed by atoms with Crippen molar-refractivity contribution in [3.63, 3.8) is 0 Å². The van der Waals surface area contributed by atoms with Crippen molar-refractivity contribution in [1.82, 2.24) is 10.3 Å². The maximum atomic E-state index is 12.4. The summed E-state index contributed by atoms with van der Waals surface area (Å²) in [4.78, 5) is 18.4. The van der Waals surface area contributed by atoms with E-state index in [1.54, 1.807) is 6.07 Å². The second-order valence-electron chi connectivity index (χ2n) is 7.95. The summed E-state index contributed by atoms with van der Waals surface area (Å²) in [5.41, 5.74) is 3.15. The lowest BCUT2D eigenvalue weighted by atomic mass is 10.1. The van der Waals surface area contributed by atoms with Gasteiger partial charge in [0.15, 0.2) is 6.61 Å². The first kappa shape index (κ1) is 20.5. The highest BCUT2D eigenvalue weighted by atomic mass is 19.4. The monoisotopic (exact) mass is 419 g/mol. The van der Waals surface area contributed by atoms with Gasteiger partial charge in [-0.3, -0.25) is 4.79 Å². The number of carbonyl (C=O) groups is 1. The first-order valence-electron chi connectivity index (χ1n) is 10.1. The Labute approximate surface area is 173 Å². The summed E-state index contributed by atoms with van der Waals surface area (Å²) in [6.07, 6.45) is 0.790. The van der Waals surface area contributed by atoms with Crippen LogP contribution in [-0.4, -0.2) is 42.8 Å². The molecule has 1 amide bonds. The quantitative estimate of drug-likeness (QED) is 0.741. The Morgan fingerprint density at radius 1 is 1.13 bits per heavy atom. The van der Waals surface area contributed by atoms with Crippen molar-refractivity contribution in [3.05, 3.63) is 53.7 Å². The number of halogens is 3. The molecule has 8 heteroatoms. The summed E-state index contributed by atoms with van der Waals surface area (Å²) in [7, 11) is 0. The van der Waals surface area contributed by atoms with Gasteiger partial charge in [0.1, 0.15) is 0 Å². The van der Waals surface area contributed by atoms with E-state index in [1.165, 1.54) is 30.7 Å². The fraction of sp³-hybridized carbons (Fsp3) is 0.455. The van der Waals surface area contributed by atoms with E-state index in [9.17, 15) is 18.0 Å². The zero-order chi connectivity index (χ0) is 21.1. The van der Waals surface area contributed by atoms with Crippen molar-refractivity contribution in [2.45, 2.75) is 43.8 Å². The maximum Gasteiger partial charge on any atom is 0.422 e. The van der Waals surface area contributed by atoms with Crippen molar-refractivity contribution in [1.29, 1.82) is 0 Å². The SMILES string of the molecule is O=C(Cc1ccc(C2CC2)cc1)N[C@@H]1CCN(c2ccc(OCC(F)(F)F)nc2)C1. The molecule has 2 aromatic rings. The van der Waals surface area contributed by atoms with Crippen LogP contribution in [0.2, 0.25) is 0 Å². The van der Waals surface area contributed by atoms with Gasteiger partial charge in [-0.15, -0.1) is 0 Å². The molecule has 1 N–H and O–H groups in total. The fourth-order valence-electron chi connectivity index (χ4n) is 3.70. The molecule has 0 spiro atoms. The van der Waals surface area contributed by atoms with E-state index in [2.05, 4.69) is 32.1 Å². The smallest absolute Gasteiger partial charge is 0.422 e. The molecule has 2 heterocycles.